The Morgan fingerprint density at radius 3 is 3.10 bits per heavy atom. The van der Waals surface area contributed by atoms with Crippen molar-refractivity contribution in [2.45, 2.75) is 12.8 Å². The number of hydrogen-bond acceptors (Lipinski definition) is 3. The fourth-order valence-electron chi connectivity index (χ4n) is 0.651. The van der Waals surface area contributed by atoms with Crippen LogP contribution in [0, 0.1) is 11.3 Å². The first-order valence-corrected chi connectivity index (χ1v) is 3.07. The monoisotopic (exact) mass is 133 g/mol. The van der Waals surface area contributed by atoms with E-state index in [1.54, 1.807) is 6.20 Å². The van der Waals surface area contributed by atoms with Crippen LogP contribution in [0.2, 0.25) is 0 Å². The van der Waals surface area contributed by atoms with Crippen molar-refractivity contribution in [3.05, 3.63) is 24.0 Å². The van der Waals surface area contributed by atoms with Gasteiger partial charge in [-0.3, -0.25) is 0 Å². The van der Waals surface area contributed by atoms with E-state index in [-0.39, 0.29) is 0 Å². The molecular formula is C7H7N3. The maximum Gasteiger partial charge on any atom is 0.0641 e. The molecule has 0 bridgehead atoms. The molecule has 0 aliphatic heterocycles. The largest absolute Gasteiger partial charge is 0.198 e. The Labute approximate surface area is 59.3 Å². The van der Waals surface area contributed by atoms with Crippen LogP contribution in [0.5, 0.6) is 0 Å². The predicted molar refractivity (Wildman–Crippen MR) is 36.0 cm³/mol. The molecule has 50 valence electrons. The third-order valence-electron chi connectivity index (χ3n) is 1.12. The quantitative estimate of drug-likeness (QED) is 0.603. The molecule has 3 heteroatoms. The second-order valence-corrected chi connectivity index (χ2v) is 1.87. The zero-order valence-electron chi connectivity index (χ0n) is 5.49. The molecule has 0 spiro atoms. The summed E-state index contributed by atoms with van der Waals surface area (Å²) in [4.78, 5) is 0. The van der Waals surface area contributed by atoms with Gasteiger partial charge < -0.3 is 0 Å². The Balaban J connectivity index is 2.52. The molecular weight excluding hydrogens is 126 g/mol. The van der Waals surface area contributed by atoms with E-state index in [2.05, 4.69) is 10.2 Å². The van der Waals surface area contributed by atoms with Crippen molar-refractivity contribution < 1.29 is 0 Å². The van der Waals surface area contributed by atoms with Gasteiger partial charge in [0.15, 0.2) is 0 Å². The maximum absolute atomic E-state index is 8.23. The number of hydrogen-bond donors (Lipinski definition) is 0. The minimum absolute atomic E-state index is 0.513. The van der Waals surface area contributed by atoms with Crippen molar-refractivity contribution in [1.82, 2.24) is 10.2 Å². The van der Waals surface area contributed by atoms with Gasteiger partial charge in [0.05, 0.1) is 11.8 Å². The summed E-state index contributed by atoms with van der Waals surface area (Å²) >= 11 is 0. The van der Waals surface area contributed by atoms with Crippen LogP contribution in [-0.4, -0.2) is 10.2 Å². The highest BCUT2D eigenvalue weighted by molar-refractivity contribution is 5.00. The summed E-state index contributed by atoms with van der Waals surface area (Å²) in [5.41, 5.74) is 0.879. The zero-order chi connectivity index (χ0) is 7.23. The van der Waals surface area contributed by atoms with Gasteiger partial charge in [0.25, 0.3) is 0 Å². The summed E-state index contributed by atoms with van der Waals surface area (Å²) in [6, 6.07) is 5.73. The minimum Gasteiger partial charge on any atom is -0.198 e. The maximum atomic E-state index is 8.23. The highest BCUT2D eigenvalue weighted by atomic mass is 15.1. The third-order valence-corrected chi connectivity index (χ3v) is 1.12. The fourth-order valence-corrected chi connectivity index (χ4v) is 0.651. The van der Waals surface area contributed by atoms with Crippen LogP contribution in [0.3, 0.4) is 0 Å². The molecule has 0 aromatic carbocycles. The minimum atomic E-state index is 0.513. The first kappa shape index (κ1) is 6.69. The molecule has 0 aliphatic rings. The number of nitriles is 1. The van der Waals surface area contributed by atoms with Gasteiger partial charge in [-0.2, -0.15) is 15.5 Å². The summed E-state index contributed by atoms with van der Waals surface area (Å²) in [6.07, 6.45) is 2.83. The molecule has 0 aliphatic carbocycles. The zero-order valence-corrected chi connectivity index (χ0v) is 5.49. The van der Waals surface area contributed by atoms with E-state index in [1.165, 1.54) is 0 Å². The van der Waals surface area contributed by atoms with E-state index in [0.717, 1.165) is 5.69 Å². The number of aryl methyl sites for hydroxylation is 1. The molecule has 1 rings (SSSR count). The van der Waals surface area contributed by atoms with Crippen LogP contribution in [0.1, 0.15) is 12.1 Å². The molecule has 1 aromatic rings. The van der Waals surface area contributed by atoms with Gasteiger partial charge in [0.1, 0.15) is 0 Å². The lowest BCUT2D eigenvalue weighted by molar-refractivity contribution is 0.880. The SMILES string of the molecule is N#CCCc1cccnn1. The molecule has 3 nitrogen and oxygen atoms in total. The van der Waals surface area contributed by atoms with Gasteiger partial charge in [0, 0.05) is 19.0 Å². The van der Waals surface area contributed by atoms with E-state index in [9.17, 15) is 0 Å². The van der Waals surface area contributed by atoms with Crippen LogP contribution in [-0.2, 0) is 6.42 Å². The Kier molecular flexibility index (Phi) is 2.39. The van der Waals surface area contributed by atoms with Crippen LogP contribution in [0.4, 0.5) is 0 Å². The Hall–Kier alpha value is -1.43. The highest BCUT2D eigenvalue weighted by Gasteiger charge is 1.90. The molecule has 1 aromatic heterocycles. The third kappa shape index (κ3) is 1.82. The molecule has 0 amide bonds. The molecule has 0 unspecified atom stereocenters. The van der Waals surface area contributed by atoms with Gasteiger partial charge in [-0.1, -0.05) is 0 Å². The van der Waals surface area contributed by atoms with E-state index in [0.29, 0.717) is 12.8 Å². The number of rotatable bonds is 2. The summed E-state index contributed by atoms with van der Waals surface area (Å²) in [6.45, 7) is 0. The Morgan fingerprint density at radius 2 is 2.50 bits per heavy atom. The first-order valence-electron chi connectivity index (χ1n) is 3.07. The summed E-state index contributed by atoms with van der Waals surface area (Å²) < 4.78 is 0. The predicted octanol–water partition coefficient (Wildman–Crippen LogP) is 0.933. The van der Waals surface area contributed by atoms with E-state index >= 15 is 0 Å². The average Bonchev–Trinajstić information content (AvgIpc) is 2.03. The molecule has 0 N–H and O–H groups in total. The van der Waals surface area contributed by atoms with Gasteiger partial charge in [0.2, 0.25) is 0 Å². The summed E-state index contributed by atoms with van der Waals surface area (Å²) in [5.74, 6) is 0. The van der Waals surface area contributed by atoms with E-state index in [4.69, 9.17) is 5.26 Å². The highest BCUT2D eigenvalue weighted by Crippen LogP contribution is 1.94. The van der Waals surface area contributed by atoms with E-state index < -0.39 is 0 Å². The smallest absolute Gasteiger partial charge is 0.0641 e. The number of nitrogens with zero attached hydrogens (tertiary/aromatic N) is 3. The van der Waals surface area contributed by atoms with Crippen LogP contribution >= 0.6 is 0 Å². The first-order chi connectivity index (χ1) is 4.93. The molecule has 1 heterocycles. The average molecular weight is 133 g/mol. The van der Waals surface area contributed by atoms with Crippen molar-refractivity contribution >= 4 is 0 Å². The summed E-state index contributed by atoms with van der Waals surface area (Å²) in [5, 5.41) is 15.7. The van der Waals surface area contributed by atoms with Gasteiger partial charge in [-0.25, -0.2) is 0 Å². The van der Waals surface area contributed by atoms with Gasteiger partial charge >= 0.3 is 0 Å². The Bertz CT molecular complexity index is 224. The molecule has 0 saturated heterocycles. The summed E-state index contributed by atoms with van der Waals surface area (Å²) in [7, 11) is 0. The van der Waals surface area contributed by atoms with Crippen molar-refractivity contribution in [2.75, 3.05) is 0 Å². The van der Waals surface area contributed by atoms with Crippen molar-refractivity contribution in [1.29, 1.82) is 5.26 Å². The van der Waals surface area contributed by atoms with Crippen molar-refractivity contribution in [3.8, 4) is 6.07 Å². The molecule has 0 saturated carbocycles. The van der Waals surface area contributed by atoms with Gasteiger partial charge in [-0.15, -0.1) is 0 Å². The fraction of sp³-hybridized carbons (Fsp3) is 0.286. The standard InChI is InChI=1S/C7H7N3/c8-5-1-3-7-4-2-6-9-10-7/h2,4,6H,1,3H2. The Morgan fingerprint density at radius 1 is 1.60 bits per heavy atom. The van der Waals surface area contributed by atoms with Gasteiger partial charge in [-0.05, 0) is 12.1 Å². The molecule has 10 heavy (non-hydrogen) atoms. The van der Waals surface area contributed by atoms with Crippen LogP contribution in [0.25, 0.3) is 0 Å². The second kappa shape index (κ2) is 3.57. The molecule has 0 atom stereocenters. The molecule has 0 radical (unpaired) electrons. The van der Waals surface area contributed by atoms with Crippen molar-refractivity contribution in [3.63, 3.8) is 0 Å². The van der Waals surface area contributed by atoms with Crippen LogP contribution < -0.4 is 0 Å². The number of aromatic nitrogens is 2. The lowest BCUT2D eigenvalue weighted by atomic mass is 10.2. The van der Waals surface area contributed by atoms with E-state index in [1.807, 2.05) is 18.2 Å². The second-order valence-electron chi connectivity index (χ2n) is 1.87. The van der Waals surface area contributed by atoms with Crippen molar-refractivity contribution in [2.24, 2.45) is 0 Å². The lowest BCUT2D eigenvalue weighted by Gasteiger charge is -1.90. The normalized spacial score (nSPS) is 8.70. The lowest BCUT2D eigenvalue weighted by Crippen LogP contribution is -1.89. The van der Waals surface area contributed by atoms with Crippen LogP contribution in [0.15, 0.2) is 18.3 Å². The topological polar surface area (TPSA) is 49.6 Å². The molecule has 0 fully saturated rings.